The molecule has 0 bridgehead atoms. The summed E-state index contributed by atoms with van der Waals surface area (Å²) in [6, 6.07) is 17.1. The molecule has 0 aliphatic carbocycles. The summed E-state index contributed by atoms with van der Waals surface area (Å²) in [5.74, 6) is -0.652. The lowest BCUT2D eigenvalue weighted by atomic mass is 9.89. The Hall–Kier alpha value is -3.23. The van der Waals surface area contributed by atoms with Crippen molar-refractivity contribution in [2.75, 3.05) is 0 Å². The van der Waals surface area contributed by atoms with Crippen LogP contribution in [0.5, 0.6) is 0 Å². The second-order valence-corrected chi connectivity index (χ2v) is 8.99. The van der Waals surface area contributed by atoms with Gasteiger partial charge in [0.2, 0.25) is 10.0 Å². The summed E-state index contributed by atoms with van der Waals surface area (Å²) in [5.41, 5.74) is 0.698. The summed E-state index contributed by atoms with van der Waals surface area (Å²) in [6.07, 6.45) is 2.81. The SMILES string of the molecule is C[C@@]1(CCc2ccccc2)OC(=O)c2c1ccn(-c1ccc(S(N)(=O)=O)cc1)c2=O. The van der Waals surface area contributed by atoms with Gasteiger partial charge in [-0.3, -0.25) is 9.36 Å². The third-order valence-corrected chi connectivity index (χ3v) is 6.29. The van der Waals surface area contributed by atoms with Crippen LogP contribution in [0.25, 0.3) is 5.69 Å². The molecule has 1 aromatic heterocycles. The Balaban J connectivity index is 1.69. The van der Waals surface area contributed by atoms with Crippen LogP contribution in [0, 0.1) is 0 Å². The number of primary sulfonamides is 1. The number of hydrogen-bond donors (Lipinski definition) is 1. The highest BCUT2D eigenvalue weighted by molar-refractivity contribution is 7.89. The van der Waals surface area contributed by atoms with Crippen molar-refractivity contribution >= 4 is 16.0 Å². The van der Waals surface area contributed by atoms with Crippen molar-refractivity contribution in [2.24, 2.45) is 5.14 Å². The van der Waals surface area contributed by atoms with Crippen LogP contribution in [-0.2, 0) is 26.8 Å². The zero-order chi connectivity index (χ0) is 21.5. The van der Waals surface area contributed by atoms with Gasteiger partial charge < -0.3 is 4.74 Å². The lowest BCUT2D eigenvalue weighted by Gasteiger charge is -2.24. The van der Waals surface area contributed by atoms with E-state index in [1.165, 1.54) is 28.8 Å². The number of aromatic nitrogens is 1. The van der Waals surface area contributed by atoms with Crippen LogP contribution >= 0.6 is 0 Å². The highest BCUT2D eigenvalue weighted by atomic mass is 32.2. The van der Waals surface area contributed by atoms with Crippen LogP contribution in [0.2, 0.25) is 0 Å². The van der Waals surface area contributed by atoms with E-state index in [4.69, 9.17) is 9.88 Å². The number of sulfonamides is 1. The van der Waals surface area contributed by atoms with Crippen molar-refractivity contribution in [3.63, 3.8) is 0 Å². The molecule has 8 heteroatoms. The second kappa shape index (κ2) is 7.23. The molecule has 0 fully saturated rings. The van der Waals surface area contributed by atoms with Crippen molar-refractivity contribution in [3.8, 4) is 5.69 Å². The number of ether oxygens (including phenoxy) is 1. The number of aryl methyl sites for hydroxylation is 1. The van der Waals surface area contributed by atoms with Crippen molar-refractivity contribution in [1.29, 1.82) is 0 Å². The Labute approximate surface area is 173 Å². The monoisotopic (exact) mass is 424 g/mol. The zero-order valence-electron chi connectivity index (χ0n) is 16.2. The van der Waals surface area contributed by atoms with Gasteiger partial charge in [-0.2, -0.15) is 0 Å². The van der Waals surface area contributed by atoms with Gasteiger partial charge in [-0.25, -0.2) is 18.4 Å². The molecule has 154 valence electrons. The average molecular weight is 424 g/mol. The molecule has 2 aromatic carbocycles. The lowest BCUT2D eigenvalue weighted by molar-refractivity contribution is -0.00292. The smallest absolute Gasteiger partial charge is 0.345 e. The van der Waals surface area contributed by atoms with Gasteiger partial charge in [-0.15, -0.1) is 0 Å². The molecule has 2 heterocycles. The molecule has 0 radical (unpaired) electrons. The molecular formula is C22H20N2O5S. The number of nitrogens with two attached hydrogens (primary N) is 1. The van der Waals surface area contributed by atoms with Gasteiger partial charge in [-0.1, -0.05) is 30.3 Å². The first kappa shape index (κ1) is 20.1. The number of rotatable bonds is 5. The first-order chi connectivity index (χ1) is 14.2. The maximum Gasteiger partial charge on any atom is 0.345 e. The highest BCUT2D eigenvalue weighted by Gasteiger charge is 2.43. The molecule has 1 aliphatic rings. The van der Waals surface area contributed by atoms with E-state index >= 15 is 0 Å². The Kier molecular flexibility index (Phi) is 4.83. The van der Waals surface area contributed by atoms with Gasteiger partial charge in [-0.05, 0) is 55.7 Å². The van der Waals surface area contributed by atoms with Gasteiger partial charge in [0.15, 0.2) is 0 Å². The van der Waals surface area contributed by atoms with Crippen LogP contribution in [0.4, 0.5) is 0 Å². The number of nitrogens with zero attached hydrogens (tertiary/aromatic N) is 1. The number of esters is 1. The molecule has 1 atom stereocenters. The molecule has 4 rings (SSSR count). The summed E-state index contributed by atoms with van der Waals surface area (Å²) in [6.45, 7) is 1.81. The van der Waals surface area contributed by atoms with Crippen LogP contribution < -0.4 is 10.7 Å². The van der Waals surface area contributed by atoms with E-state index in [0.29, 0.717) is 24.1 Å². The number of fused-ring (bicyclic) bond motifs is 1. The van der Waals surface area contributed by atoms with E-state index in [0.717, 1.165) is 5.56 Å². The van der Waals surface area contributed by atoms with Crippen molar-refractivity contribution < 1.29 is 17.9 Å². The molecule has 2 N–H and O–H groups in total. The Bertz CT molecular complexity index is 1280. The summed E-state index contributed by atoms with van der Waals surface area (Å²) in [4.78, 5) is 25.5. The first-order valence-corrected chi connectivity index (χ1v) is 10.9. The van der Waals surface area contributed by atoms with E-state index in [1.54, 1.807) is 12.3 Å². The fourth-order valence-electron chi connectivity index (χ4n) is 3.70. The minimum absolute atomic E-state index is 0.00332. The van der Waals surface area contributed by atoms with Gasteiger partial charge >= 0.3 is 5.97 Å². The predicted octanol–water partition coefficient (Wildman–Crippen LogP) is 2.50. The lowest BCUT2D eigenvalue weighted by Crippen LogP contribution is -2.25. The number of carbonyl (C=O) groups excluding carboxylic acids is 1. The van der Waals surface area contributed by atoms with Gasteiger partial charge in [0.05, 0.1) is 4.90 Å². The third kappa shape index (κ3) is 3.55. The molecule has 0 saturated carbocycles. The summed E-state index contributed by atoms with van der Waals surface area (Å²) in [5, 5.41) is 5.11. The molecule has 0 spiro atoms. The Morgan fingerprint density at radius 2 is 1.67 bits per heavy atom. The number of hydrogen-bond acceptors (Lipinski definition) is 5. The van der Waals surface area contributed by atoms with Crippen molar-refractivity contribution in [2.45, 2.75) is 30.3 Å². The molecule has 0 amide bonds. The zero-order valence-corrected chi connectivity index (χ0v) is 17.1. The van der Waals surface area contributed by atoms with Gasteiger partial charge in [0.25, 0.3) is 5.56 Å². The molecular weight excluding hydrogens is 404 g/mol. The molecule has 1 aliphatic heterocycles. The Morgan fingerprint density at radius 1 is 1.00 bits per heavy atom. The van der Waals surface area contributed by atoms with Crippen molar-refractivity contribution in [3.05, 3.63) is 93.9 Å². The summed E-state index contributed by atoms with van der Waals surface area (Å²) < 4.78 is 29.8. The van der Waals surface area contributed by atoms with E-state index in [2.05, 4.69) is 0 Å². The quantitative estimate of drug-likeness (QED) is 0.633. The normalized spacial score (nSPS) is 18.1. The molecule has 0 saturated heterocycles. The minimum Gasteiger partial charge on any atom is -0.451 e. The van der Waals surface area contributed by atoms with E-state index in [-0.39, 0.29) is 10.5 Å². The predicted molar refractivity (Wildman–Crippen MR) is 111 cm³/mol. The fourth-order valence-corrected chi connectivity index (χ4v) is 4.21. The maximum atomic E-state index is 13.0. The summed E-state index contributed by atoms with van der Waals surface area (Å²) in [7, 11) is -3.84. The average Bonchev–Trinajstić information content (AvgIpc) is 2.98. The molecule has 0 unspecified atom stereocenters. The van der Waals surface area contributed by atoms with Crippen LogP contribution in [0.1, 0.15) is 34.8 Å². The topological polar surface area (TPSA) is 108 Å². The number of benzene rings is 2. The molecule has 7 nitrogen and oxygen atoms in total. The molecule has 3 aromatic rings. The Morgan fingerprint density at radius 3 is 2.30 bits per heavy atom. The largest absolute Gasteiger partial charge is 0.451 e. The van der Waals surface area contributed by atoms with E-state index in [9.17, 15) is 18.0 Å². The van der Waals surface area contributed by atoms with E-state index in [1.807, 2.05) is 37.3 Å². The van der Waals surface area contributed by atoms with Gasteiger partial charge in [0.1, 0.15) is 11.2 Å². The van der Waals surface area contributed by atoms with Crippen LogP contribution in [-0.4, -0.2) is 19.0 Å². The second-order valence-electron chi connectivity index (χ2n) is 7.42. The van der Waals surface area contributed by atoms with Crippen molar-refractivity contribution in [1.82, 2.24) is 4.57 Å². The molecule has 30 heavy (non-hydrogen) atoms. The third-order valence-electron chi connectivity index (χ3n) is 5.36. The van der Waals surface area contributed by atoms with Crippen LogP contribution in [0.15, 0.2) is 76.6 Å². The number of carbonyl (C=O) groups is 1. The standard InChI is InChI=1S/C22H20N2O5S/c1-22(13-11-15-5-3-2-4-6-15)18-12-14-24(20(25)19(18)21(26)29-22)16-7-9-17(10-8-16)30(23,27)28/h2-10,12,14H,11,13H2,1H3,(H2,23,27,28)/t22-/m0/s1. The highest BCUT2D eigenvalue weighted by Crippen LogP contribution is 2.38. The van der Waals surface area contributed by atoms with Crippen LogP contribution in [0.3, 0.4) is 0 Å². The summed E-state index contributed by atoms with van der Waals surface area (Å²) >= 11 is 0. The maximum absolute atomic E-state index is 13.0. The van der Waals surface area contributed by atoms with Gasteiger partial charge in [0, 0.05) is 17.4 Å². The number of pyridine rings is 1. The fraction of sp³-hybridized carbons (Fsp3) is 0.182. The van der Waals surface area contributed by atoms with E-state index < -0.39 is 27.2 Å². The minimum atomic E-state index is -3.84. The number of cyclic esters (lactones) is 1. The first-order valence-electron chi connectivity index (χ1n) is 9.36.